The van der Waals surface area contributed by atoms with Gasteiger partial charge < -0.3 is 5.11 Å². The third kappa shape index (κ3) is 3.30. The molecule has 0 saturated carbocycles. The molecule has 0 aliphatic carbocycles. The van der Waals surface area contributed by atoms with E-state index in [4.69, 9.17) is 5.11 Å². The van der Waals surface area contributed by atoms with Gasteiger partial charge in [0.2, 0.25) is 0 Å². The van der Waals surface area contributed by atoms with Crippen LogP contribution in [0.2, 0.25) is 0 Å². The van der Waals surface area contributed by atoms with E-state index in [1.54, 1.807) is 11.6 Å². The molecule has 0 spiro atoms. The van der Waals surface area contributed by atoms with Crippen molar-refractivity contribution in [2.45, 2.75) is 39.7 Å². The summed E-state index contributed by atoms with van der Waals surface area (Å²) in [5.41, 5.74) is 0. The fourth-order valence-electron chi connectivity index (χ4n) is 1.39. The predicted octanol–water partition coefficient (Wildman–Crippen LogP) is 0.907. The van der Waals surface area contributed by atoms with Gasteiger partial charge in [0.05, 0.1) is 12.5 Å². The van der Waals surface area contributed by atoms with Crippen LogP contribution in [0.15, 0.2) is 0 Å². The van der Waals surface area contributed by atoms with Gasteiger partial charge in [-0.05, 0) is 23.3 Å². The molecule has 84 valence electrons. The average molecular weight is 212 g/mol. The Labute approximate surface area is 88.3 Å². The maximum absolute atomic E-state index is 10.6. The van der Waals surface area contributed by atoms with Crippen LogP contribution >= 0.6 is 0 Å². The molecule has 6 nitrogen and oxygen atoms in total. The minimum atomic E-state index is -0.839. The lowest BCUT2D eigenvalue weighted by Crippen LogP contribution is -2.16. The zero-order valence-electron chi connectivity index (χ0n) is 9.21. The Morgan fingerprint density at radius 1 is 1.47 bits per heavy atom. The van der Waals surface area contributed by atoms with Crippen molar-refractivity contribution in [3.63, 3.8) is 0 Å². The van der Waals surface area contributed by atoms with E-state index in [-0.39, 0.29) is 12.5 Å². The monoisotopic (exact) mass is 212 g/mol. The highest BCUT2D eigenvalue weighted by atomic mass is 16.4. The number of tetrazole rings is 1. The van der Waals surface area contributed by atoms with Crippen LogP contribution in [0.3, 0.4) is 0 Å². The number of aromatic nitrogens is 4. The second kappa shape index (κ2) is 4.86. The summed E-state index contributed by atoms with van der Waals surface area (Å²) in [6.45, 7) is 5.94. The highest BCUT2D eigenvalue weighted by Crippen LogP contribution is 2.12. The van der Waals surface area contributed by atoms with Gasteiger partial charge in [0.15, 0.2) is 5.82 Å². The molecular formula is C9H16N4O2. The van der Waals surface area contributed by atoms with Gasteiger partial charge in [-0.25, -0.2) is 4.68 Å². The van der Waals surface area contributed by atoms with Gasteiger partial charge in [-0.15, -0.1) is 5.10 Å². The van der Waals surface area contributed by atoms with Crippen LogP contribution in [0.4, 0.5) is 0 Å². The number of carboxylic acids is 1. The number of carbonyl (C=O) groups is 1. The Bertz CT molecular complexity index is 335. The largest absolute Gasteiger partial charge is 0.481 e. The highest BCUT2D eigenvalue weighted by Gasteiger charge is 2.16. The van der Waals surface area contributed by atoms with Crippen LogP contribution in [0.5, 0.6) is 0 Å². The first-order valence-corrected chi connectivity index (χ1v) is 4.99. The van der Waals surface area contributed by atoms with Crippen molar-refractivity contribution in [3.8, 4) is 0 Å². The van der Waals surface area contributed by atoms with Gasteiger partial charge in [-0.3, -0.25) is 4.79 Å². The zero-order chi connectivity index (χ0) is 11.4. The summed E-state index contributed by atoms with van der Waals surface area (Å²) >= 11 is 0. The predicted molar refractivity (Wildman–Crippen MR) is 53.3 cm³/mol. The van der Waals surface area contributed by atoms with Gasteiger partial charge >= 0.3 is 5.97 Å². The maximum Gasteiger partial charge on any atom is 0.305 e. The summed E-state index contributed by atoms with van der Waals surface area (Å²) in [6, 6.07) is -0.203. The van der Waals surface area contributed by atoms with Gasteiger partial charge in [0.1, 0.15) is 0 Å². The molecular weight excluding hydrogens is 196 g/mol. The first-order chi connectivity index (χ1) is 7.00. The molecule has 6 heteroatoms. The summed E-state index contributed by atoms with van der Waals surface area (Å²) in [7, 11) is 0. The van der Waals surface area contributed by atoms with Crippen molar-refractivity contribution >= 4 is 5.97 Å². The van der Waals surface area contributed by atoms with Crippen LogP contribution in [-0.2, 0) is 11.2 Å². The second-order valence-corrected chi connectivity index (χ2v) is 4.08. The molecule has 1 aromatic heterocycles. The third-order valence-corrected chi connectivity index (χ3v) is 2.04. The number of hydrogen-bond acceptors (Lipinski definition) is 4. The number of hydrogen-bond donors (Lipinski definition) is 1. The van der Waals surface area contributed by atoms with E-state index >= 15 is 0 Å². The van der Waals surface area contributed by atoms with Crippen LogP contribution in [0.25, 0.3) is 0 Å². The molecule has 0 bridgehead atoms. The molecule has 1 heterocycles. The van der Waals surface area contributed by atoms with Gasteiger partial charge in [-0.2, -0.15) is 0 Å². The molecule has 0 radical (unpaired) electrons. The van der Waals surface area contributed by atoms with Crippen molar-refractivity contribution in [1.29, 1.82) is 0 Å². The molecule has 0 aromatic carbocycles. The van der Waals surface area contributed by atoms with E-state index in [9.17, 15) is 4.79 Å². The zero-order valence-corrected chi connectivity index (χ0v) is 9.21. The van der Waals surface area contributed by atoms with Crippen molar-refractivity contribution in [2.24, 2.45) is 5.92 Å². The lowest BCUT2D eigenvalue weighted by Gasteiger charge is -2.11. The van der Waals surface area contributed by atoms with E-state index in [1.807, 2.05) is 0 Å². The van der Waals surface area contributed by atoms with Crippen LogP contribution in [0, 0.1) is 5.92 Å². The average Bonchev–Trinajstić information content (AvgIpc) is 2.49. The summed E-state index contributed by atoms with van der Waals surface area (Å²) in [4.78, 5) is 10.6. The van der Waals surface area contributed by atoms with E-state index in [0.717, 1.165) is 12.2 Å². The smallest absolute Gasteiger partial charge is 0.305 e. The van der Waals surface area contributed by atoms with Crippen molar-refractivity contribution in [2.75, 3.05) is 0 Å². The first kappa shape index (κ1) is 11.6. The summed E-state index contributed by atoms with van der Waals surface area (Å²) in [5, 5.41) is 20.0. The van der Waals surface area contributed by atoms with E-state index in [2.05, 4.69) is 29.4 Å². The lowest BCUT2D eigenvalue weighted by atomic mass is 10.1. The molecule has 1 N–H and O–H groups in total. The first-order valence-electron chi connectivity index (χ1n) is 4.99. The lowest BCUT2D eigenvalue weighted by molar-refractivity contribution is -0.137. The van der Waals surface area contributed by atoms with Gasteiger partial charge in [-0.1, -0.05) is 13.8 Å². The SMILES string of the molecule is CC(C)Cc1nnnn1C(C)CC(=O)O. The fourth-order valence-corrected chi connectivity index (χ4v) is 1.39. The van der Waals surface area contributed by atoms with E-state index in [0.29, 0.717) is 5.92 Å². The minimum Gasteiger partial charge on any atom is -0.481 e. The summed E-state index contributed by atoms with van der Waals surface area (Å²) < 4.78 is 1.59. The maximum atomic E-state index is 10.6. The molecule has 1 aromatic rings. The third-order valence-electron chi connectivity index (χ3n) is 2.04. The fraction of sp³-hybridized carbons (Fsp3) is 0.778. The molecule has 0 saturated heterocycles. The van der Waals surface area contributed by atoms with Crippen LogP contribution in [-0.4, -0.2) is 31.3 Å². The molecule has 1 rings (SSSR count). The normalized spacial score (nSPS) is 13.1. The van der Waals surface area contributed by atoms with Crippen molar-refractivity contribution in [3.05, 3.63) is 5.82 Å². The van der Waals surface area contributed by atoms with E-state index in [1.165, 1.54) is 0 Å². The second-order valence-electron chi connectivity index (χ2n) is 4.08. The highest BCUT2D eigenvalue weighted by molar-refractivity contribution is 5.67. The van der Waals surface area contributed by atoms with Crippen LogP contribution in [0.1, 0.15) is 39.1 Å². The Kier molecular flexibility index (Phi) is 3.76. The van der Waals surface area contributed by atoms with Crippen LogP contribution < -0.4 is 0 Å². The Morgan fingerprint density at radius 3 is 2.67 bits per heavy atom. The standard InChI is InChI=1S/C9H16N4O2/c1-6(2)4-8-10-11-12-13(8)7(3)5-9(14)15/h6-7H,4-5H2,1-3H3,(H,14,15). The summed E-state index contributed by atoms with van der Waals surface area (Å²) in [6.07, 6.45) is 0.799. The Balaban J connectivity index is 2.75. The number of carboxylic acid groups (broad SMARTS) is 1. The van der Waals surface area contributed by atoms with E-state index < -0.39 is 5.97 Å². The number of aliphatic carboxylic acids is 1. The summed E-state index contributed by atoms with van der Waals surface area (Å²) in [5.74, 6) is 0.360. The van der Waals surface area contributed by atoms with Gasteiger partial charge in [0.25, 0.3) is 0 Å². The Morgan fingerprint density at radius 2 is 2.13 bits per heavy atom. The number of rotatable bonds is 5. The molecule has 0 aliphatic rings. The number of nitrogens with zero attached hydrogens (tertiary/aromatic N) is 4. The van der Waals surface area contributed by atoms with Crippen molar-refractivity contribution < 1.29 is 9.90 Å². The molecule has 0 aliphatic heterocycles. The topological polar surface area (TPSA) is 80.9 Å². The molecule has 1 atom stereocenters. The molecule has 0 fully saturated rings. The quantitative estimate of drug-likeness (QED) is 0.784. The van der Waals surface area contributed by atoms with Gasteiger partial charge in [0, 0.05) is 6.42 Å². The van der Waals surface area contributed by atoms with Crippen molar-refractivity contribution in [1.82, 2.24) is 20.2 Å². The minimum absolute atomic E-state index is 0.0378. The molecule has 1 unspecified atom stereocenters. The molecule has 15 heavy (non-hydrogen) atoms. The Hall–Kier alpha value is -1.46. The molecule has 0 amide bonds.